The van der Waals surface area contributed by atoms with Crippen LogP contribution in [0.4, 0.5) is 5.69 Å². The molecule has 2 rings (SSSR count). The molecule has 0 aliphatic heterocycles. The predicted octanol–water partition coefficient (Wildman–Crippen LogP) is 3.69. The van der Waals surface area contributed by atoms with Gasteiger partial charge in [-0.1, -0.05) is 19.8 Å². The Morgan fingerprint density at radius 3 is 2.83 bits per heavy atom. The SMILES string of the molecule is CCCCCOc1ccc(N)c2cnc(C)cc12. The van der Waals surface area contributed by atoms with E-state index in [2.05, 4.69) is 11.9 Å². The summed E-state index contributed by atoms with van der Waals surface area (Å²) in [5.74, 6) is 0.904. The Morgan fingerprint density at radius 1 is 1.22 bits per heavy atom. The second-order valence-corrected chi connectivity index (χ2v) is 4.58. The van der Waals surface area contributed by atoms with Crippen LogP contribution in [0.2, 0.25) is 0 Å². The Hall–Kier alpha value is -1.77. The molecule has 0 spiro atoms. The van der Waals surface area contributed by atoms with Crippen LogP contribution in [0.25, 0.3) is 10.8 Å². The van der Waals surface area contributed by atoms with Gasteiger partial charge >= 0.3 is 0 Å². The first-order valence-electron chi connectivity index (χ1n) is 6.50. The summed E-state index contributed by atoms with van der Waals surface area (Å²) in [6, 6.07) is 5.86. The number of pyridine rings is 1. The number of nitrogens with two attached hydrogens (primary N) is 1. The third kappa shape index (κ3) is 2.73. The molecule has 0 atom stereocenters. The molecule has 0 fully saturated rings. The minimum atomic E-state index is 0.749. The van der Waals surface area contributed by atoms with Gasteiger partial charge in [0.05, 0.1) is 6.61 Å². The molecule has 0 aliphatic carbocycles. The first kappa shape index (κ1) is 12.7. The minimum absolute atomic E-state index is 0.749. The van der Waals surface area contributed by atoms with Crippen molar-refractivity contribution in [3.63, 3.8) is 0 Å². The molecular formula is C15H20N2O. The van der Waals surface area contributed by atoms with Gasteiger partial charge in [-0.05, 0) is 31.5 Å². The van der Waals surface area contributed by atoms with E-state index in [1.807, 2.05) is 31.3 Å². The third-order valence-corrected chi connectivity index (χ3v) is 3.04. The van der Waals surface area contributed by atoms with Crippen molar-refractivity contribution >= 4 is 16.5 Å². The number of nitrogen functional groups attached to an aromatic ring is 1. The van der Waals surface area contributed by atoms with Gasteiger partial charge in [-0.3, -0.25) is 4.98 Å². The maximum atomic E-state index is 5.96. The molecule has 0 saturated heterocycles. The van der Waals surface area contributed by atoms with Crippen LogP contribution in [-0.2, 0) is 0 Å². The number of unbranched alkanes of at least 4 members (excludes halogenated alkanes) is 2. The molecule has 0 radical (unpaired) electrons. The molecule has 96 valence electrons. The van der Waals surface area contributed by atoms with Crippen molar-refractivity contribution in [1.82, 2.24) is 4.98 Å². The average Bonchev–Trinajstić information content (AvgIpc) is 2.37. The van der Waals surface area contributed by atoms with Crippen LogP contribution in [0.3, 0.4) is 0 Å². The lowest BCUT2D eigenvalue weighted by atomic mass is 10.1. The van der Waals surface area contributed by atoms with Gasteiger partial charge in [0.25, 0.3) is 0 Å². The monoisotopic (exact) mass is 244 g/mol. The summed E-state index contributed by atoms with van der Waals surface area (Å²) in [6.07, 6.45) is 5.31. The first-order chi connectivity index (χ1) is 8.72. The lowest BCUT2D eigenvalue weighted by Gasteiger charge is -2.11. The molecular weight excluding hydrogens is 224 g/mol. The average molecular weight is 244 g/mol. The molecule has 0 bridgehead atoms. The molecule has 1 aromatic heterocycles. The van der Waals surface area contributed by atoms with Crippen LogP contribution in [0, 0.1) is 6.92 Å². The van der Waals surface area contributed by atoms with E-state index in [0.29, 0.717) is 0 Å². The van der Waals surface area contributed by atoms with Gasteiger partial charge in [0.2, 0.25) is 0 Å². The number of aromatic nitrogens is 1. The zero-order chi connectivity index (χ0) is 13.0. The smallest absolute Gasteiger partial charge is 0.127 e. The summed E-state index contributed by atoms with van der Waals surface area (Å²) in [5, 5.41) is 2.02. The highest BCUT2D eigenvalue weighted by atomic mass is 16.5. The van der Waals surface area contributed by atoms with Crippen LogP contribution >= 0.6 is 0 Å². The first-order valence-corrected chi connectivity index (χ1v) is 6.50. The quantitative estimate of drug-likeness (QED) is 0.644. The van der Waals surface area contributed by atoms with Crippen LogP contribution in [0.5, 0.6) is 5.75 Å². The number of fused-ring (bicyclic) bond motifs is 1. The van der Waals surface area contributed by atoms with Gasteiger partial charge in [-0.25, -0.2) is 0 Å². The molecule has 0 aliphatic rings. The van der Waals surface area contributed by atoms with Crippen molar-refractivity contribution in [3.05, 3.63) is 30.1 Å². The van der Waals surface area contributed by atoms with Crippen molar-refractivity contribution < 1.29 is 4.74 Å². The van der Waals surface area contributed by atoms with Crippen LogP contribution in [0.1, 0.15) is 31.9 Å². The Labute approximate surface area is 108 Å². The number of ether oxygens (including phenoxy) is 1. The topological polar surface area (TPSA) is 48.1 Å². The number of anilines is 1. The Balaban J connectivity index is 2.27. The Kier molecular flexibility index (Phi) is 4.03. The summed E-state index contributed by atoms with van der Waals surface area (Å²) in [4.78, 5) is 4.28. The van der Waals surface area contributed by atoms with Crippen molar-refractivity contribution in [2.24, 2.45) is 0 Å². The Morgan fingerprint density at radius 2 is 2.06 bits per heavy atom. The molecule has 0 amide bonds. The van der Waals surface area contributed by atoms with Gasteiger partial charge in [0.1, 0.15) is 5.75 Å². The van der Waals surface area contributed by atoms with Gasteiger partial charge in [0.15, 0.2) is 0 Å². The van der Waals surface area contributed by atoms with Gasteiger partial charge in [-0.2, -0.15) is 0 Å². The van der Waals surface area contributed by atoms with Crippen molar-refractivity contribution in [3.8, 4) is 5.75 Å². The third-order valence-electron chi connectivity index (χ3n) is 3.04. The predicted molar refractivity (Wildman–Crippen MR) is 75.9 cm³/mol. The van der Waals surface area contributed by atoms with Gasteiger partial charge in [0, 0.05) is 28.4 Å². The van der Waals surface area contributed by atoms with E-state index in [9.17, 15) is 0 Å². The van der Waals surface area contributed by atoms with E-state index in [1.54, 1.807) is 0 Å². The number of nitrogens with zero attached hydrogens (tertiary/aromatic N) is 1. The number of rotatable bonds is 5. The van der Waals surface area contributed by atoms with Crippen LogP contribution in [0.15, 0.2) is 24.4 Å². The molecule has 1 aromatic carbocycles. The van der Waals surface area contributed by atoms with E-state index < -0.39 is 0 Å². The second-order valence-electron chi connectivity index (χ2n) is 4.58. The summed E-state index contributed by atoms with van der Waals surface area (Å²) in [6.45, 7) is 4.92. The van der Waals surface area contributed by atoms with Gasteiger partial charge in [-0.15, -0.1) is 0 Å². The van der Waals surface area contributed by atoms with E-state index >= 15 is 0 Å². The number of hydrogen-bond acceptors (Lipinski definition) is 3. The van der Waals surface area contributed by atoms with Gasteiger partial charge < -0.3 is 10.5 Å². The number of hydrogen-bond donors (Lipinski definition) is 1. The second kappa shape index (κ2) is 5.71. The maximum Gasteiger partial charge on any atom is 0.127 e. The molecule has 3 heteroatoms. The highest BCUT2D eigenvalue weighted by Crippen LogP contribution is 2.30. The fourth-order valence-electron chi connectivity index (χ4n) is 2.00. The zero-order valence-electron chi connectivity index (χ0n) is 11.1. The number of aryl methyl sites for hydroxylation is 1. The summed E-state index contributed by atoms with van der Waals surface area (Å²) >= 11 is 0. The largest absolute Gasteiger partial charge is 0.493 e. The minimum Gasteiger partial charge on any atom is -0.493 e. The maximum absolute atomic E-state index is 5.96. The van der Waals surface area contributed by atoms with E-state index in [4.69, 9.17) is 10.5 Å². The van der Waals surface area contributed by atoms with Crippen molar-refractivity contribution in [2.75, 3.05) is 12.3 Å². The molecule has 2 aromatic rings. The molecule has 3 nitrogen and oxygen atoms in total. The van der Waals surface area contributed by atoms with Crippen LogP contribution in [-0.4, -0.2) is 11.6 Å². The van der Waals surface area contributed by atoms with E-state index in [0.717, 1.165) is 40.9 Å². The molecule has 0 unspecified atom stereocenters. The van der Waals surface area contributed by atoms with E-state index in [1.165, 1.54) is 12.8 Å². The summed E-state index contributed by atoms with van der Waals surface area (Å²) in [7, 11) is 0. The standard InChI is InChI=1S/C15H20N2O/c1-3-4-5-8-18-15-7-6-14(16)13-10-17-11(2)9-12(13)15/h6-7,9-10H,3-5,8,16H2,1-2H3. The number of benzene rings is 1. The summed E-state index contributed by atoms with van der Waals surface area (Å²) in [5.41, 5.74) is 7.68. The van der Waals surface area contributed by atoms with Crippen molar-refractivity contribution in [1.29, 1.82) is 0 Å². The lowest BCUT2D eigenvalue weighted by molar-refractivity contribution is 0.310. The van der Waals surface area contributed by atoms with E-state index in [-0.39, 0.29) is 0 Å². The molecule has 0 saturated carbocycles. The zero-order valence-corrected chi connectivity index (χ0v) is 11.1. The molecule has 18 heavy (non-hydrogen) atoms. The fraction of sp³-hybridized carbons (Fsp3) is 0.400. The Bertz CT molecular complexity index is 537. The molecule has 1 heterocycles. The normalized spacial score (nSPS) is 10.8. The van der Waals surface area contributed by atoms with Crippen molar-refractivity contribution in [2.45, 2.75) is 33.1 Å². The summed E-state index contributed by atoms with van der Waals surface area (Å²) < 4.78 is 5.85. The fourth-order valence-corrected chi connectivity index (χ4v) is 2.00. The molecule has 2 N–H and O–H groups in total. The highest BCUT2D eigenvalue weighted by Gasteiger charge is 2.06. The highest BCUT2D eigenvalue weighted by molar-refractivity contribution is 5.96. The lowest BCUT2D eigenvalue weighted by Crippen LogP contribution is -1.99. The van der Waals surface area contributed by atoms with Crippen LogP contribution < -0.4 is 10.5 Å².